The fraction of sp³-hybridized carbons (Fsp3) is 0.240. The lowest BCUT2D eigenvalue weighted by Crippen LogP contribution is -2.48. The van der Waals surface area contributed by atoms with Crippen LogP contribution in [0.4, 0.5) is 28.8 Å². The zero-order valence-corrected chi connectivity index (χ0v) is 20.1. The molecular weight excluding hydrogens is 458 g/mol. The molecule has 0 spiro atoms. The van der Waals surface area contributed by atoms with Crippen molar-refractivity contribution in [3.63, 3.8) is 0 Å². The highest BCUT2D eigenvalue weighted by molar-refractivity contribution is 6.00. The maximum Gasteiger partial charge on any atom is 0.254 e. The standard InChI is InChI=1S/C25H27N9O2/c1-16(35)33-10-12-34(13-11-33)18-8-6-17(7-9-18)29-25-27-14-20(23(26)36)24(31-25)30-21-4-3-5-22-19(21)15-28-32(22)2/h3-9,14-15H,10-13H2,1-2H3,(H2,26,36)(H2,27,29,30,31). The van der Waals surface area contributed by atoms with E-state index in [1.807, 2.05) is 54.4 Å². The zero-order valence-electron chi connectivity index (χ0n) is 20.1. The van der Waals surface area contributed by atoms with Crippen molar-refractivity contribution in [1.82, 2.24) is 24.6 Å². The molecule has 1 aliphatic heterocycles. The lowest BCUT2D eigenvalue weighted by Gasteiger charge is -2.35. The van der Waals surface area contributed by atoms with E-state index in [2.05, 4.69) is 30.6 Å². The summed E-state index contributed by atoms with van der Waals surface area (Å²) in [6.07, 6.45) is 3.16. The molecule has 2 aromatic heterocycles. The van der Waals surface area contributed by atoms with Gasteiger partial charge in [0.15, 0.2) is 0 Å². The number of benzene rings is 2. The smallest absolute Gasteiger partial charge is 0.254 e. The van der Waals surface area contributed by atoms with Crippen LogP contribution in [-0.2, 0) is 11.8 Å². The molecule has 5 rings (SSSR count). The number of carbonyl (C=O) groups is 2. The van der Waals surface area contributed by atoms with Crippen LogP contribution in [0.5, 0.6) is 0 Å². The van der Waals surface area contributed by atoms with Crippen LogP contribution in [0.15, 0.2) is 54.9 Å². The molecule has 4 N–H and O–H groups in total. The van der Waals surface area contributed by atoms with E-state index in [1.165, 1.54) is 6.20 Å². The SMILES string of the molecule is CC(=O)N1CCN(c2ccc(Nc3ncc(C(N)=O)c(Nc4cccc5c4cnn5C)n3)cc2)CC1. The second kappa shape index (κ2) is 9.53. The summed E-state index contributed by atoms with van der Waals surface area (Å²) in [4.78, 5) is 36.5. The van der Waals surface area contributed by atoms with E-state index < -0.39 is 5.91 Å². The maximum absolute atomic E-state index is 12.0. The molecule has 11 nitrogen and oxygen atoms in total. The summed E-state index contributed by atoms with van der Waals surface area (Å²) in [7, 11) is 1.87. The number of aryl methyl sites for hydroxylation is 1. The summed E-state index contributed by atoms with van der Waals surface area (Å²) in [6, 6.07) is 13.7. The van der Waals surface area contributed by atoms with Crippen LogP contribution < -0.4 is 21.3 Å². The van der Waals surface area contributed by atoms with Crippen molar-refractivity contribution in [3.8, 4) is 0 Å². The Balaban J connectivity index is 1.34. The van der Waals surface area contributed by atoms with E-state index in [0.717, 1.165) is 54.1 Å². The molecule has 2 aromatic carbocycles. The van der Waals surface area contributed by atoms with Gasteiger partial charge in [-0.3, -0.25) is 14.3 Å². The van der Waals surface area contributed by atoms with Crippen molar-refractivity contribution in [2.24, 2.45) is 12.8 Å². The van der Waals surface area contributed by atoms with E-state index in [1.54, 1.807) is 17.8 Å². The molecule has 3 heterocycles. The van der Waals surface area contributed by atoms with Gasteiger partial charge >= 0.3 is 0 Å². The molecule has 11 heteroatoms. The Morgan fingerprint density at radius 2 is 1.72 bits per heavy atom. The number of nitrogens with two attached hydrogens (primary N) is 1. The highest BCUT2D eigenvalue weighted by Crippen LogP contribution is 2.28. The third-order valence-corrected chi connectivity index (χ3v) is 6.31. The minimum Gasteiger partial charge on any atom is -0.368 e. The van der Waals surface area contributed by atoms with Crippen LogP contribution in [0.2, 0.25) is 0 Å². The van der Waals surface area contributed by atoms with E-state index >= 15 is 0 Å². The number of piperazine rings is 1. The molecule has 1 saturated heterocycles. The topological polar surface area (TPSA) is 134 Å². The van der Waals surface area contributed by atoms with Crippen molar-refractivity contribution in [2.45, 2.75) is 6.92 Å². The first-order chi connectivity index (χ1) is 17.4. The second-order valence-corrected chi connectivity index (χ2v) is 8.62. The van der Waals surface area contributed by atoms with Crippen LogP contribution in [0.1, 0.15) is 17.3 Å². The molecule has 0 aliphatic carbocycles. The number of fused-ring (bicyclic) bond motifs is 1. The van der Waals surface area contributed by atoms with Crippen LogP contribution >= 0.6 is 0 Å². The first-order valence-electron chi connectivity index (χ1n) is 11.6. The minimum atomic E-state index is -0.628. The van der Waals surface area contributed by atoms with E-state index in [-0.39, 0.29) is 11.5 Å². The van der Waals surface area contributed by atoms with Gasteiger partial charge in [0, 0.05) is 63.1 Å². The third kappa shape index (κ3) is 4.63. The number of hydrogen-bond donors (Lipinski definition) is 3. The third-order valence-electron chi connectivity index (χ3n) is 6.31. The predicted molar refractivity (Wildman–Crippen MR) is 139 cm³/mol. The highest BCUT2D eigenvalue weighted by atomic mass is 16.2. The molecule has 36 heavy (non-hydrogen) atoms. The average molecular weight is 486 g/mol. The monoisotopic (exact) mass is 485 g/mol. The number of nitrogens with zero attached hydrogens (tertiary/aromatic N) is 6. The van der Waals surface area contributed by atoms with Crippen molar-refractivity contribution < 1.29 is 9.59 Å². The lowest BCUT2D eigenvalue weighted by molar-refractivity contribution is -0.129. The summed E-state index contributed by atoms with van der Waals surface area (Å²) < 4.78 is 1.77. The molecule has 184 valence electrons. The number of carbonyl (C=O) groups excluding carboxylic acids is 2. The number of aromatic nitrogens is 4. The van der Waals surface area contributed by atoms with Crippen molar-refractivity contribution in [1.29, 1.82) is 0 Å². The molecule has 0 atom stereocenters. The first kappa shape index (κ1) is 23.1. The maximum atomic E-state index is 12.0. The van der Waals surface area contributed by atoms with Crippen LogP contribution in [-0.4, -0.2) is 62.6 Å². The van der Waals surface area contributed by atoms with Gasteiger partial charge in [-0.1, -0.05) is 6.07 Å². The number of anilines is 5. The molecule has 2 amide bonds. The molecule has 0 unspecified atom stereocenters. The number of nitrogens with one attached hydrogen (secondary N) is 2. The molecule has 0 saturated carbocycles. The normalized spacial score (nSPS) is 13.6. The Hall–Kier alpha value is -4.67. The number of hydrogen-bond acceptors (Lipinski definition) is 8. The number of amides is 2. The van der Waals surface area contributed by atoms with Gasteiger partial charge in [0.25, 0.3) is 5.91 Å². The Labute approximate surface area is 207 Å². The van der Waals surface area contributed by atoms with E-state index in [9.17, 15) is 9.59 Å². The quantitative estimate of drug-likeness (QED) is 0.379. The van der Waals surface area contributed by atoms with E-state index in [0.29, 0.717) is 11.8 Å². The lowest BCUT2D eigenvalue weighted by atomic mass is 10.2. The van der Waals surface area contributed by atoms with Gasteiger partial charge in [0.1, 0.15) is 11.4 Å². The molecule has 0 radical (unpaired) electrons. The van der Waals surface area contributed by atoms with Crippen molar-refractivity contribution >= 4 is 51.5 Å². The summed E-state index contributed by atoms with van der Waals surface area (Å²) in [5.74, 6) is 0.110. The summed E-state index contributed by atoms with van der Waals surface area (Å²) in [5.41, 5.74) is 9.34. The van der Waals surface area contributed by atoms with Crippen LogP contribution in [0, 0.1) is 0 Å². The minimum absolute atomic E-state index is 0.113. The molecule has 1 fully saturated rings. The average Bonchev–Trinajstić information content (AvgIpc) is 3.26. The Morgan fingerprint density at radius 1 is 0.972 bits per heavy atom. The summed E-state index contributed by atoms with van der Waals surface area (Å²) in [5, 5.41) is 11.6. The fourth-order valence-electron chi connectivity index (χ4n) is 4.30. The molecule has 1 aliphatic rings. The summed E-state index contributed by atoms with van der Waals surface area (Å²) >= 11 is 0. The molecular formula is C25H27N9O2. The highest BCUT2D eigenvalue weighted by Gasteiger charge is 2.19. The van der Waals surface area contributed by atoms with Gasteiger partial charge in [-0.15, -0.1) is 0 Å². The van der Waals surface area contributed by atoms with E-state index in [4.69, 9.17) is 5.73 Å². The largest absolute Gasteiger partial charge is 0.368 e. The van der Waals surface area contributed by atoms with Crippen molar-refractivity contribution in [3.05, 3.63) is 60.4 Å². The first-order valence-corrected chi connectivity index (χ1v) is 11.6. The molecule has 4 aromatic rings. The fourth-order valence-corrected chi connectivity index (χ4v) is 4.30. The van der Waals surface area contributed by atoms with Gasteiger partial charge in [-0.25, -0.2) is 4.98 Å². The predicted octanol–water partition coefficient (Wildman–Crippen LogP) is 2.62. The summed E-state index contributed by atoms with van der Waals surface area (Å²) in [6.45, 7) is 4.63. The van der Waals surface area contributed by atoms with Crippen LogP contribution in [0.3, 0.4) is 0 Å². The number of primary amides is 1. The molecule has 0 bridgehead atoms. The second-order valence-electron chi connectivity index (χ2n) is 8.62. The van der Waals surface area contributed by atoms with Gasteiger partial charge in [-0.2, -0.15) is 10.1 Å². The van der Waals surface area contributed by atoms with Crippen LogP contribution in [0.25, 0.3) is 10.9 Å². The Morgan fingerprint density at radius 3 is 2.42 bits per heavy atom. The Kier molecular flexibility index (Phi) is 6.11. The van der Waals surface area contributed by atoms with Gasteiger partial charge in [-0.05, 0) is 36.4 Å². The van der Waals surface area contributed by atoms with Crippen molar-refractivity contribution in [2.75, 3.05) is 41.7 Å². The zero-order chi connectivity index (χ0) is 25.2. The van der Waals surface area contributed by atoms with Gasteiger partial charge in [0.2, 0.25) is 11.9 Å². The number of rotatable bonds is 6. The van der Waals surface area contributed by atoms with Gasteiger partial charge in [0.05, 0.1) is 17.4 Å². The Bertz CT molecular complexity index is 1420. The van der Waals surface area contributed by atoms with Gasteiger partial charge < -0.3 is 26.2 Å².